The maximum atomic E-state index is 5.64. The Bertz CT molecular complexity index is 297. The molecule has 75 valence electrons. The molecule has 2 heterocycles. The minimum absolute atomic E-state index is 0.0700. The van der Waals surface area contributed by atoms with Crippen LogP contribution in [0.5, 0.6) is 0 Å². The van der Waals surface area contributed by atoms with Crippen LogP contribution in [0.15, 0.2) is 18.3 Å². The lowest BCUT2D eigenvalue weighted by Crippen LogP contribution is -2.48. The molecule has 1 aliphatic rings. The highest BCUT2D eigenvalue weighted by atomic mass is 16.5. The fourth-order valence-electron chi connectivity index (χ4n) is 1.71. The maximum absolute atomic E-state index is 5.64. The Morgan fingerprint density at radius 1 is 1.57 bits per heavy atom. The van der Waals surface area contributed by atoms with Crippen LogP contribution in [-0.2, 0) is 4.74 Å². The lowest BCUT2D eigenvalue weighted by atomic mass is 10.1. The summed E-state index contributed by atoms with van der Waals surface area (Å²) in [6, 6.07) is 6.80. The average molecular weight is 191 g/mol. The topological polar surface area (TPSA) is 25.4 Å². The Labute approximate surface area is 84.7 Å². The van der Waals surface area contributed by atoms with Gasteiger partial charge in [0.05, 0.1) is 12.2 Å². The van der Waals surface area contributed by atoms with Gasteiger partial charge in [-0.15, -0.1) is 0 Å². The Balaban J connectivity index is 2.12. The van der Waals surface area contributed by atoms with Gasteiger partial charge < -0.3 is 9.64 Å². The van der Waals surface area contributed by atoms with Crippen molar-refractivity contribution in [2.75, 3.05) is 24.6 Å². The van der Waals surface area contributed by atoms with Crippen LogP contribution >= 0.6 is 0 Å². The number of rotatable bonds is 1. The molecule has 1 radical (unpaired) electrons. The minimum atomic E-state index is -0.0700. The zero-order valence-electron chi connectivity index (χ0n) is 8.66. The quantitative estimate of drug-likeness (QED) is 0.672. The van der Waals surface area contributed by atoms with E-state index in [0.29, 0.717) is 0 Å². The molecule has 0 N–H and O–H groups in total. The first-order chi connectivity index (χ1) is 6.67. The molecule has 2 rings (SSSR count). The second kappa shape index (κ2) is 3.58. The predicted octanol–water partition coefficient (Wildman–Crippen LogP) is 1.50. The van der Waals surface area contributed by atoms with Crippen molar-refractivity contribution >= 4 is 5.82 Å². The molecule has 0 aliphatic carbocycles. The van der Waals surface area contributed by atoms with E-state index in [-0.39, 0.29) is 5.60 Å². The Morgan fingerprint density at radius 2 is 2.43 bits per heavy atom. The van der Waals surface area contributed by atoms with E-state index in [9.17, 15) is 0 Å². The Hall–Kier alpha value is -1.09. The van der Waals surface area contributed by atoms with Crippen molar-refractivity contribution in [2.24, 2.45) is 0 Å². The highest BCUT2D eigenvalue weighted by Crippen LogP contribution is 2.20. The van der Waals surface area contributed by atoms with Crippen molar-refractivity contribution in [3.63, 3.8) is 0 Å². The van der Waals surface area contributed by atoms with Crippen LogP contribution in [0, 0.1) is 6.07 Å². The van der Waals surface area contributed by atoms with Gasteiger partial charge in [0, 0.05) is 25.4 Å². The van der Waals surface area contributed by atoms with Crippen LogP contribution in [0.25, 0.3) is 0 Å². The number of aromatic nitrogens is 1. The van der Waals surface area contributed by atoms with Gasteiger partial charge in [0.2, 0.25) is 0 Å². The van der Waals surface area contributed by atoms with E-state index in [4.69, 9.17) is 4.74 Å². The standard InChI is InChI=1S/C11H15N2O/c1-11(2)9-13(7-8-14-11)10-5-3-4-6-12-10/h3,5-6H,7-9H2,1-2H3. The second-order valence-electron chi connectivity index (χ2n) is 4.15. The monoisotopic (exact) mass is 191 g/mol. The number of hydrogen-bond acceptors (Lipinski definition) is 3. The van der Waals surface area contributed by atoms with E-state index in [2.05, 4.69) is 29.8 Å². The third-order valence-corrected chi connectivity index (χ3v) is 2.35. The van der Waals surface area contributed by atoms with Gasteiger partial charge in [0.25, 0.3) is 0 Å². The summed E-state index contributed by atoms with van der Waals surface area (Å²) in [5.41, 5.74) is -0.0700. The molecule has 0 spiro atoms. The third kappa shape index (κ3) is 2.04. The Kier molecular flexibility index (Phi) is 2.42. The number of pyridine rings is 1. The van der Waals surface area contributed by atoms with Crippen LogP contribution in [0.1, 0.15) is 13.8 Å². The SMILES string of the molecule is CC1(C)CN(c2cc[c]cn2)CCO1. The lowest BCUT2D eigenvalue weighted by molar-refractivity contribution is -0.0279. The molecule has 1 saturated heterocycles. The van der Waals surface area contributed by atoms with Crippen molar-refractivity contribution in [2.45, 2.75) is 19.4 Å². The highest BCUT2D eigenvalue weighted by molar-refractivity contribution is 5.38. The summed E-state index contributed by atoms with van der Waals surface area (Å²) in [5.74, 6) is 1.01. The van der Waals surface area contributed by atoms with E-state index < -0.39 is 0 Å². The molecule has 1 aromatic heterocycles. The highest BCUT2D eigenvalue weighted by Gasteiger charge is 2.27. The summed E-state index contributed by atoms with van der Waals surface area (Å²) in [5, 5.41) is 0. The summed E-state index contributed by atoms with van der Waals surface area (Å²) >= 11 is 0. The summed E-state index contributed by atoms with van der Waals surface area (Å²) < 4.78 is 5.64. The first-order valence-corrected chi connectivity index (χ1v) is 4.88. The molecular weight excluding hydrogens is 176 g/mol. The van der Waals surface area contributed by atoms with Gasteiger partial charge in [-0.3, -0.25) is 0 Å². The first-order valence-electron chi connectivity index (χ1n) is 4.88. The smallest absolute Gasteiger partial charge is 0.128 e. The molecule has 0 amide bonds. The summed E-state index contributed by atoms with van der Waals surface area (Å²) in [6.45, 7) is 6.79. The number of ether oxygens (including phenoxy) is 1. The largest absolute Gasteiger partial charge is 0.372 e. The molecular formula is C11H15N2O. The second-order valence-corrected chi connectivity index (χ2v) is 4.15. The van der Waals surface area contributed by atoms with Crippen molar-refractivity contribution in [3.05, 3.63) is 24.4 Å². The van der Waals surface area contributed by atoms with Gasteiger partial charge in [0.1, 0.15) is 5.82 Å². The molecule has 0 aromatic carbocycles. The van der Waals surface area contributed by atoms with E-state index >= 15 is 0 Å². The van der Waals surface area contributed by atoms with Crippen molar-refractivity contribution in [3.8, 4) is 0 Å². The van der Waals surface area contributed by atoms with Gasteiger partial charge in [-0.1, -0.05) is 0 Å². The van der Waals surface area contributed by atoms with Crippen LogP contribution in [0.4, 0.5) is 5.82 Å². The Morgan fingerprint density at radius 3 is 3.07 bits per heavy atom. The van der Waals surface area contributed by atoms with Gasteiger partial charge >= 0.3 is 0 Å². The molecule has 3 heteroatoms. The minimum Gasteiger partial charge on any atom is -0.372 e. The molecule has 0 saturated carbocycles. The van der Waals surface area contributed by atoms with E-state index in [1.54, 1.807) is 6.20 Å². The van der Waals surface area contributed by atoms with Gasteiger partial charge in [-0.05, 0) is 26.0 Å². The maximum Gasteiger partial charge on any atom is 0.128 e. The number of morpholine rings is 1. The van der Waals surface area contributed by atoms with Gasteiger partial charge in [-0.2, -0.15) is 0 Å². The molecule has 1 aliphatic heterocycles. The molecule has 0 atom stereocenters. The average Bonchev–Trinajstić information content (AvgIpc) is 2.18. The molecule has 0 bridgehead atoms. The first kappa shape index (κ1) is 9.46. The lowest BCUT2D eigenvalue weighted by Gasteiger charge is -2.38. The summed E-state index contributed by atoms with van der Waals surface area (Å²) in [4.78, 5) is 6.53. The zero-order valence-corrected chi connectivity index (χ0v) is 8.66. The normalized spacial score (nSPS) is 20.9. The fraction of sp³-hybridized carbons (Fsp3) is 0.545. The number of hydrogen-bond donors (Lipinski definition) is 0. The van der Waals surface area contributed by atoms with Crippen LogP contribution < -0.4 is 4.90 Å². The van der Waals surface area contributed by atoms with E-state index in [1.165, 1.54) is 0 Å². The fourth-order valence-corrected chi connectivity index (χ4v) is 1.71. The van der Waals surface area contributed by atoms with Crippen LogP contribution in [0.2, 0.25) is 0 Å². The zero-order chi connectivity index (χ0) is 10.0. The van der Waals surface area contributed by atoms with Crippen LogP contribution in [-0.4, -0.2) is 30.3 Å². The molecule has 0 unspecified atom stereocenters. The van der Waals surface area contributed by atoms with E-state index in [1.807, 2.05) is 12.1 Å². The van der Waals surface area contributed by atoms with Crippen molar-refractivity contribution < 1.29 is 4.74 Å². The van der Waals surface area contributed by atoms with Crippen LogP contribution in [0.3, 0.4) is 0 Å². The molecule has 1 fully saturated rings. The molecule has 14 heavy (non-hydrogen) atoms. The van der Waals surface area contributed by atoms with Gasteiger partial charge in [0.15, 0.2) is 0 Å². The van der Waals surface area contributed by atoms with Crippen molar-refractivity contribution in [1.29, 1.82) is 0 Å². The van der Waals surface area contributed by atoms with Gasteiger partial charge in [-0.25, -0.2) is 4.98 Å². The summed E-state index contributed by atoms with van der Waals surface area (Å²) in [6.07, 6.45) is 1.71. The number of nitrogens with zero attached hydrogens (tertiary/aromatic N) is 2. The van der Waals surface area contributed by atoms with E-state index in [0.717, 1.165) is 25.5 Å². The predicted molar refractivity (Wildman–Crippen MR) is 55.3 cm³/mol. The third-order valence-electron chi connectivity index (χ3n) is 2.35. The summed E-state index contributed by atoms with van der Waals surface area (Å²) in [7, 11) is 0. The molecule has 1 aromatic rings. The van der Waals surface area contributed by atoms with Crippen molar-refractivity contribution in [1.82, 2.24) is 4.98 Å². The number of anilines is 1. The molecule has 3 nitrogen and oxygen atoms in total.